The van der Waals surface area contributed by atoms with Gasteiger partial charge in [-0.1, -0.05) is 185 Å². The summed E-state index contributed by atoms with van der Waals surface area (Å²) in [5.41, 5.74) is 21.5. The van der Waals surface area contributed by atoms with Crippen LogP contribution in [-0.2, 0) is 10.8 Å². The number of hydrogen-bond acceptors (Lipinski definition) is 1. The van der Waals surface area contributed by atoms with Crippen LogP contribution in [0, 0.1) is 0 Å². The average Bonchev–Trinajstić information content (AvgIpc) is 3.51. The second kappa shape index (κ2) is 13.3. The molecule has 0 radical (unpaired) electrons. The molecule has 282 valence electrons. The summed E-state index contributed by atoms with van der Waals surface area (Å²) in [4.78, 5) is 2.38. The first kappa shape index (κ1) is 35.2. The molecule has 0 N–H and O–H groups in total. The number of fused-ring (bicyclic) bond motifs is 5. The number of para-hydroxylation sites is 1. The van der Waals surface area contributed by atoms with Gasteiger partial charge in [0.2, 0.25) is 0 Å². The molecule has 0 atom stereocenters. The maximum absolute atomic E-state index is 2.44. The largest absolute Gasteiger partial charge is 0.310 e. The lowest BCUT2D eigenvalue weighted by atomic mass is 9.67. The number of rotatable bonds is 6. The molecule has 0 unspecified atom stereocenters. The van der Waals surface area contributed by atoms with Gasteiger partial charge in [0.1, 0.15) is 0 Å². The molecule has 0 aliphatic heterocycles. The molecular formula is C58H45N. The maximum atomic E-state index is 2.44. The SMILES string of the molecule is CC1(C)c2ccccc2-c2ccc(N(c3ccccc3)c3ccc(-c4ccc(-c5ccc6c(c5)C(C)(C)c5cccc7ccc(-c8ccccc8)c-6c57)cc4)cc3)cc21. The van der Waals surface area contributed by atoms with Crippen LogP contribution in [0.1, 0.15) is 49.9 Å². The van der Waals surface area contributed by atoms with Crippen LogP contribution >= 0.6 is 0 Å². The van der Waals surface area contributed by atoms with E-state index < -0.39 is 0 Å². The second-order valence-electron chi connectivity index (χ2n) is 17.3. The highest BCUT2D eigenvalue weighted by Crippen LogP contribution is 2.53. The molecule has 9 aromatic rings. The second-order valence-corrected chi connectivity index (χ2v) is 17.3. The molecule has 0 spiro atoms. The molecule has 1 heteroatoms. The van der Waals surface area contributed by atoms with E-state index >= 15 is 0 Å². The minimum absolute atomic E-state index is 0.0679. The zero-order valence-electron chi connectivity index (χ0n) is 34.0. The van der Waals surface area contributed by atoms with E-state index in [1.807, 2.05) is 0 Å². The van der Waals surface area contributed by atoms with Gasteiger partial charge in [-0.2, -0.15) is 0 Å². The molecule has 0 bridgehead atoms. The van der Waals surface area contributed by atoms with Gasteiger partial charge in [0.25, 0.3) is 0 Å². The van der Waals surface area contributed by atoms with Crippen molar-refractivity contribution in [1.82, 2.24) is 0 Å². The predicted octanol–water partition coefficient (Wildman–Crippen LogP) is 15.9. The highest BCUT2D eigenvalue weighted by Gasteiger charge is 2.37. The van der Waals surface area contributed by atoms with E-state index in [1.165, 1.54) is 88.7 Å². The average molecular weight is 756 g/mol. The minimum atomic E-state index is -0.149. The highest BCUT2D eigenvalue weighted by molar-refractivity contribution is 6.09. The molecular weight excluding hydrogens is 711 g/mol. The van der Waals surface area contributed by atoms with Gasteiger partial charge in [-0.25, -0.2) is 0 Å². The quantitative estimate of drug-likeness (QED) is 0.163. The van der Waals surface area contributed by atoms with E-state index in [-0.39, 0.29) is 10.8 Å². The summed E-state index contributed by atoms with van der Waals surface area (Å²) in [6, 6.07) is 74.1. The molecule has 2 aliphatic carbocycles. The number of hydrogen-bond donors (Lipinski definition) is 0. The lowest BCUT2D eigenvalue weighted by Crippen LogP contribution is -2.24. The van der Waals surface area contributed by atoms with Crippen molar-refractivity contribution in [3.05, 3.63) is 222 Å². The van der Waals surface area contributed by atoms with E-state index in [0.29, 0.717) is 0 Å². The van der Waals surface area contributed by atoms with Crippen LogP contribution in [-0.4, -0.2) is 0 Å². The smallest absolute Gasteiger partial charge is 0.0465 e. The van der Waals surface area contributed by atoms with Crippen LogP contribution in [0.2, 0.25) is 0 Å². The molecule has 0 saturated carbocycles. The summed E-state index contributed by atoms with van der Waals surface area (Å²) in [6.07, 6.45) is 0. The Kier molecular flexibility index (Phi) is 7.94. The van der Waals surface area contributed by atoms with Crippen LogP contribution in [0.25, 0.3) is 66.4 Å². The van der Waals surface area contributed by atoms with Crippen molar-refractivity contribution in [2.75, 3.05) is 4.90 Å². The molecule has 0 saturated heterocycles. The Balaban J connectivity index is 0.926. The Morgan fingerprint density at radius 3 is 1.56 bits per heavy atom. The summed E-state index contributed by atoms with van der Waals surface area (Å²) >= 11 is 0. The topological polar surface area (TPSA) is 3.24 Å². The van der Waals surface area contributed by atoms with Crippen LogP contribution in [0.3, 0.4) is 0 Å². The molecule has 1 nitrogen and oxygen atoms in total. The molecule has 11 rings (SSSR count). The summed E-state index contributed by atoms with van der Waals surface area (Å²) in [7, 11) is 0. The third-order valence-electron chi connectivity index (χ3n) is 13.3. The minimum Gasteiger partial charge on any atom is -0.310 e. The van der Waals surface area contributed by atoms with Gasteiger partial charge in [-0.15, -0.1) is 0 Å². The monoisotopic (exact) mass is 755 g/mol. The summed E-state index contributed by atoms with van der Waals surface area (Å²) in [5.74, 6) is 0. The van der Waals surface area contributed by atoms with Gasteiger partial charge in [0.05, 0.1) is 0 Å². The van der Waals surface area contributed by atoms with Crippen molar-refractivity contribution in [2.45, 2.75) is 38.5 Å². The fourth-order valence-corrected chi connectivity index (χ4v) is 10.2. The Bertz CT molecular complexity index is 3060. The molecule has 0 heterocycles. The Morgan fingerprint density at radius 1 is 0.305 bits per heavy atom. The van der Waals surface area contributed by atoms with Crippen LogP contribution < -0.4 is 4.90 Å². The zero-order chi connectivity index (χ0) is 39.9. The normalized spacial score (nSPS) is 14.0. The highest BCUT2D eigenvalue weighted by atomic mass is 15.1. The first-order valence-corrected chi connectivity index (χ1v) is 20.8. The number of nitrogens with zero attached hydrogens (tertiary/aromatic N) is 1. The van der Waals surface area contributed by atoms with E-state index in [4.69, 9.17) is 0 Å². The summed E-state index contributed by atoms with van der Waals surface area (Å²) in [6.45, 7) is 9.47. The third kappa shape index (κ3) is 5.53. The zero-order valence-corrected chi connectivity index (χ0v) is 34.0. The van der Waals surface area contributed by atoms with Crippen molar-refractivity contribution in [3.8, 4) is 55.6 Å². The third-order valence-corrected chi connectivity index (χ3v) is 13.3. The van der Waals surface area contributed by atoms with Crippen molar-refractivity contribution in [1.29, 1.82) is 0 Å². The lowest BCUT2D eigenvalue weighted by molar-refractivity contribution is 0.645. The van der Waals surface area contributed by atoms with Gasteiger partial charge < -0.3 is 4.90 Å². The fraction of sp³-hybridized carbons (Fsp3) is 0.103. The molecule has 2 aliphatic rings. The molecule has 59 heavy (non-hydrogen) atoms. The standard InChI is InChI=1S/C58H45N/c1-57(2)51-20-12-11-19-48(51)49-35-32-46(37-54(49)57)59(44-17-9-6-10-18-44)45-30-26-39(27-31-45)38-22-24-40(25-23-38)43-29-34-50-53(36-43)58(3,4)52-21-13-16-42-28-33-47(56(50)55(42)52)41-14-7-5-8-15-41/h5-37H,1-4H3. The molecule has 0 amide bonds. The van der Waals surface area contributed by atoms with Crippen LogP contribution in [0.4, 0.5) is 17.1 Å². The van der Waals surface area contributed by atoms with E-state index in [9.17, 15) is 0 Å². The van der Waals surface area contributed by atoms with Crippen molar-refractivity contribution >= 4 is 27.8 Å². The van der Waals surface area contributed by atoms with E-state index in [0.717, 1.165) is 17.1 Å². The first-order chi connectivity index (χ1) is 28.8. The Hall–Kier alpha value is -6.96. The van der Waals surface area contributed by atoms with Gasteiger partial charge >= 0.3 is 0 Å². The molecule has 0 aromatic heterocycles. The Morgan fingerprint density at radius 2 is 0.814 bits per heavy atom. The van der Waals surface area contributed by atoms with Gasteiger partial charge in [-0.05, 0) is 131 Å². The van der Waals surface area contributed by atoms with Gasteiger partial charge in [0, 0.05) is 27.9 Å². The van der Waals surface area contributed by atoms with Crippen molar-refractivity contribution < 1.29 is 0 Å². The number of anilines is 3. The summed E-state index contributed by atoms with van der Waals surface area (Å²) < 4.78 is 0. The number of benzene rings is 9. The fourth-order valence-electron chi connectivity index (χ4n) is 10.2. The van der Waals surface area contributed by atoms with E-state index in [2.05, 4.69) is 233 Å². The Labute approximate surface area is 347 Å². The van der Waals surface area contributed by atoms with Gasteiger partial charge in [-0.3, -0.25) is 0 Å². The molecule has 0 fully saturated rings. The van der Waals surface area contributed by atoms with Crippen LogP contribution in [0.5, 0.6) is 0 Å². The first-order valence-electron chi connectivity index (χ1n) is 20.8. The van der Waals surface area contributed by atoms with Crippen molar-refractivity contribution in [3.63, 3.8) is 0 Å². The predicted molar refractivity (Wildman–Crippen MR) is 250 cm³/mol. The summed E-state index contributed by atoms with van der Waals surface area (Å²) in [5, 5.41) is 2.68. The lowest BCUT2D eigenvalue weighted by Gasteiger charge is -2.36. The van der Waals surface area contributed by atoms with Gasteiger partial charge in [0.15, 0.2) is 0 Å². The molecule has 9 aromatic carbocycles. The maximum Gasteiger partial charge on any atom is 0.0465 e. The van der Waals surface area contributed by atoms with Crippen LogP contribution in [0.15, 0.2) is 200 Å². The van der Waals surface area contributed by atoms with E-state index in [1.54, 1.807) is 0 Å². The van der Waals surface area contributed by atoms with Crippen molar-refractivity contribution in [2.24, 2.45) is 0 Å².